The van der Waals surface area contributed by atoms with Gasteiger partial charge in [-0.2, -0.15) is 0 Å². The molecule has 2 atom stereocenters. The number of para-hydroxylation sites is 2. The van der Waals surface area contributed by atoms with Gasteiger partial charge in [0, 0.05) is 19.0 Å². The van der Waals surface area contributed by atoms with E-state index in [0.29, 0.717) is 29.8 Å². The van der Waals surface area contributed by atoms with Crippen LogP contribution in [0.3, 0.4) is 0 Å². The highest BCUT2D eigenvalue weighted by molar-refractivity contribution is 6.11. The van der Waals surface area contributed by atoms with Gasteiger partial charge in [-0.05, 0) is 38.5 Å². The van der Waals surface area contributed by atoms with Crippen LogP contribution in [0.25, 0.3) is 0 Å². The standard InChI is InChI=1S/C24H27N3O4/c1-16(17-9-6-8-12-20(17)31-4)25(3)22(29)15-26-23(30)18-10-5-7-11-19(18)27-21(28)13-14-24(26,27)2/h5-12,16H,13-15H2,1-4H3. The van der Waals surface area contributed by atoms with Crippen LogP contribution in [0.1, 0.15) is 48.7 Å². The SMILES string of the molecule is COc1ccccc1C(C)N(C)C(=O)CN1C(=O)c2ccccc2N2C(=O)CCC12C. The maximum Gasteiger partial charge on any atom is 0.258 e. The largest absolute Gasteiger partial charge is 0.496 e. The van der Waals surface area contributed by atoms with Crippen LogP contribution in [0, 0.1) is 0 Å². The van der Waals surface area contributed by atoms with Crippen molar-refractivity contribution in [2.45, 2.75) is 38.4 Å². The molecule has 2 aromatic rings. The van der Waals surface area contributed by atoms with Gasteiger partial charge in [-0.25, -0.2) is 0 Å². The topological polar surface area (TPSA) is 70.2 Å². The van der Waals surface area contributed by atoms with Crippen LogP contribution < -0.4 is 9.64 Å². The minimum absolute atomic E-state index is 0.0318. The number of hydrogen-bond acceptors (Lipinski definition) is 4. The van der Waals surface area contributed by atoms with Gasteiger partial charge in [-0.3, -0.25) is 19.3 Å². The first-order chi connectivity index (χ1) is 14.8. The number of anilines is 1. The number of amides is 3. The zero-order valence-corrected chi connectivity index (χ0v) is 18.3. The lowest BCUT2D eigenvalue weighted by atomic mass is 9.98. The second-order valence-corrected chi connectivity index (χ2v) is 8.28. The molecular weight excluding hydrogens is 394 g/mol. The predicted octanol–water partition coefficient (Wildman–Crippen LogP) is 3.21. The lowest BCUT2D eigenvalue weighted by molar-refractivity contribution is -0.134. The van der Waals surface area contributed by atoms with Gasteiger partial charge in [0.1, 0.15) is 18.0 Å². The summed E-state index contributed by atoms with van der Waals surface area (Å²) in [5, 5.41) is 0. The lowest BCUT2D eigenvalue weighted by Gasteiger charge is -2.48. The fraction of sp³-hybridized carbons (Fsp3) is 0.375. The third kappa shape index (κ3) is 3.24. The molecule has 31 heavy (non-hydrogen) atoms. The zero-order valence-electron chi connectivity index (χ0n) is 18.3. The summed E-state index contributed by atoms with van der Waals surface area (Å²) in [6.45, 7) is 3.68. The molecule has 0 radical (unpaired) electrons. The number of carbonyl (C=O) groups excluding carboxylic acids is 3. The monoisotopic (exact) mass is 421 g/mol. The molecule has 3 amide bonds. The number of carbonyl (C=O) groups is 3. The molecule has 1 saturated heterocycles. The molecule has 2 unspecified atom stereocenters. The first-order valence-corrected chi connectivity index (χ1v) is 10.4. The predicted molar refractivity (Wildman–Crippen MR) is 117 cm³/mol. The van der Waals surface area contributed by atoms with Crippen LogP contribution in [-0.2, 0) is 9.59 Å². The van der Waals surface area contributed by atoms with Crippen molar-refractivity contribution >= 4 is 23.4 Å². The van der Waals surface area contributed by atoms with Crippen molar-refractivity contribution in [3.8, 4) is 5.75 Å². The molecule has 4 rings (SSSR count). The average molecular weight is 421 g/mol. The molecule has 0 saturated carbocycles. The summed E-state index contributed by atoms with van der Waals surface area (Å²) >= 11 is 0. The third-order valence-electron chi connectivity index (χ3n) is 6.60. The summed E-state index contributed by atoms with van der Waals surface area (Å²) in [6.07, 6.45) is 0.835. The van der Waals surface area contributed by atoms with E-state index in [1.165, 1.54) is 0 Å². The molecule has 162 valence electrons. The van der Waals surface area contributed by atoms with Crippen LogP contribution in [0.4, 0.5) is 5.69 Å². The van der Waals surface area contributed by atoms with E-state index in [0.717, 1.165) is 5.56 Å². The van der Waals surface area contributed by atoms with Crippen LogP contribution in [0.2, 0.25) is 0 Å². The van der Waals surface area contributed by atoms with Crippen molar-refractivity contribution in [3.63, 3.8) is 0 Å². The molecule has 0 aromatic heterocycles. The maximum atomic E-state index is 13.4. The number of nitrogens with zero attached hydrogens (tertiary/aromatic N) is 3. The average Bonchev–Trinajstić information content (AvgIpc) is 3.10. The van der Waals surface area contributed by atoms with Gasteiger partial charge in [-0.1, -0.05) is 30.3 Å². The van der Waals surface area contributed by atoms with E-state index in [1.807, 2.05) is 44.2 Å². The van der Waals surface area contributed by atoms with E-state index in [1.54, 1.807) is 47.1 Å². The summed E-state index contributed by atoms with van der Waals surface area (Å²) in [4.78, 5) is 44.2. The Labute approximate surface area is 182 Å². The summed E-state index contributed by atoms with van der Waals surface area (Å²) in [5.41, 5.74) is 1.10. The van der Waals surface area contributed by atoms with Crippen LogP contribution in [0.15, 0.2) is 48.5 Å². The smallest absolute Gasteiger partial charge is 0.258 e. The van der Waals surface area contributed by atoms with Gasteiger partial charge < -0.3 is 14.5 Å². The lowest BCUT2D eigenvalue weighted by Crippen LogP contribution is -2.63. The van der Waals surface area contributed by atoms with E-state index < -0.39 is 5.66 Å². The number of rotatable bonds is 5. The fourth-order valence-corrected chi connectivity index (χ4v) is 4.62. The van der Waals surface area contributed by atoms with Gasteiger partial charge in [0.25, 0.3) is 5.91 Å². The van der Waals surface area contributed by atoms with Crippen molar-refractivity contribution in [2.75, 3.05) is 25.6 Å². The van der Waals surface area contributed by atoms with Crippen molar-refractivity contribution < 1.29 is 19.1 Å². The van der Waals surface area contributed by atoms with Crippen molar-refractivity contribution in [3.05, 3.63) is 59.7 Å². The van der Waals surface area contributed by atoms with E-state index >= 15 is 0 Å². The Bertz CT molecular complexity index is 1050. The van der Waals surface area contributed by atoms with Crippen molar-refractivity contribution in [2.24, 2.45) is 0 Å². The van der Waals surface area contributed by atoms with E-state index in [4.69, 9.17) is 4.74 Å². The highest BCUT2D eigenvalue weighted by atomic mass is 16.5. The van der Waals surface area contributed by atoms with Crippen molar-refractivity contribution in [1.29, 1.82) is 0 Å². The Balaban J connectivity index is 1.63. The molecule has 7 heteroatoms. The van der Waals surface area contributed by atoms with Crippen molar-refractivity contribution in [1.82, 2.24) is 9.80 Å². The third-order valence-corrected chi connectivity index (χ3v) is 6.60. The minimum atomic E-state index is -0.854. The summed E-state index contributed by atoms with van der Waals surface area (Å²) in [7, 11) is 3.32. The molecule has 2 aliphatic rings. The molecule has 1 fully saturated rings. The number of benzene rings is 2. The highest BCUT2D eigenvalue weighted by Gasteiger charge is 2.53. The van der Waals surface area contributed by atoms with E-state index in [-0.39, 0.29) is 30.3 Å². The molecule has 2 aliphatic heterocycles. The van der Waals surface area contributed by atoms with Gasteiger partial charge in [0.2, 0.25) is 11.8 Å². The summed E-state index contributed by atoms with van der Waals surface area (Å²) < 4.78 is 5.44. The molecule has 2 heterocycles. The van der Waals surface area contributed by atoms with Gasteiger partial charge >= 0.3 is 0 Å². The molecule has 0 aliphatic carbocycles. The van der Waals surface area contributed by atoms with Crippen LogP contribution >= 0.6 is 0 Å². The molecule has 0 bridgehead atoms. The van der Waals surface area contributed by atoms with Crippen LogP contribution in [-0.4, -0.2) is 53.9 Å². The van der Waals surface area contributed by atoms with Crippen LogP contribution in [0.5, 0.6) is 5.75 Å². The summed E-state index contributed by atoms with van der Waals surface area (Å²) in [6, 6.07) is 14.4. The van der Waals surface area contributed by atoms with Gasteiger partial charge in [0.15, 0.2) is 0 Å². The first-order valence-electron chi connectivity index (χ1n) is 10.4. The highest BCUT2D eigenvalue weighted by Crippen LogP contribution is 2.44. The molecule has 0 spiro atoms. The molecule has 2 aromatic carbocycles. The minimum Gasteiger partial charge on any atom is -0.496 e. The second kappa shape index (κ2) is 7.72. The molecular formula is C24H27N3O4. The van der Waals surface area contributed by atoms with Gasteiger partial charge in [0.05, 0.1) is 24.4 Å². The Hall–Kier alpha value is -3.35. The fourth-order valence-electron chi connectivity index (χ4n) is 4.62. The Morgan fingerprint density at radius 1 is 1.16 bits per heavy atom. The normalized spacial score (nSPS) is 20.9. The van der Waals surface area contributed by atoms with E-state index in [2.05, 4.69) is 0 Å². The number of likely N-dealkylation sites (N-methyl/N-ethyl adjacent to an activating group) is 1. The quantitative estimate of drug-likeness (QED) is 0.743. The number of fused-ring (bicyclic) bond motifs is 3. The van der Waals surface area contributed by atoms with Gasteiger partial charge in [-0.15, -0.1) is 0 Å². The first kappa shape index (κ1) is 20.9. The Morgan fingerprint density at radius 2 is 1.84 bits per heavy atom. The summed E-state index contributed by atoms with van der Waals surface area (Å²) in [5.74, 6) is 0.246. The number of methoxy groups -OCH3 is 1. The second-order valence-electron chi connectivity index (χ2n) is 8.28. The van der Waals surface area contributed by atoms with E-state index in [9.17, 15) is 14.4 Å². The molecule has 7 nitrogen and oxygen atoms in total. The maximum absolute atomic E-state index is 13.4. The Kier molecular flexibility index (Phi) is 5.21. The number of hydrogen-bond donors (Lipinski definition) is 0. The molecule has 0 N–H and O–H groups in total. The zero-order chi connectivity index (χ0) is 22.3. The Morgan fingerprint density at radius 3 is 2.58 bits per heavy atom. The number of ether oxygens (including phenoxy) is 1.